The molecule has 0 saturated heterocycles. The Balaban J connectivity index is 2.25. The molecule has 0 aliphatic rings. The molecule has 1 atom stereocenters. The molecule has 0 heterocycles. The highest BCUT2D eigenvalue weighted by molar-refractivity contribution is 9.10. The molecular formula is C14H11Br2Cl2N. The smallest absolute Gasteiger partial charge is 0.0595 e. The third-order valence-corrected chi connectivity index (χ3v) is 4.99. The molecule has 100 valence electrons. The molecule has 0 bridgehead atoms. The Morgan fingerprint density at radius 2 is 1.84 bits per heavy atom. The Morgan fingerprint density at radius 3 is 2.53 bits per heavy atom. The first-order valence-electron chi connectivity index (χ1n) is 5.62. The highest BCUT2D eigenvalue weighted by Crippen LogP contribution is 2.32. The van der Waals surface area contributed by atoms with Gasteiger partial charge in [-0.05, 0) is 51.7 Å². The number of halogens is 4. The average Bonchev–Trinajstić information content (AvgIpc) is 2.36. The molecule has 2 aromatic rings. The summed E-state index contributed by atoms with van der Waals surface area (Å²) in [5.41, 5.74) is 8.15. The van der Waals surface area contributed by atoms with E-state index in [1.165, 1.54) is 0 Å². The first-order valence-corrected chi connectivity index (χ1v) is 7.96. The summed E-state index contributed by atoms with van der Waals surface area (Å²) in [6, 6.07) is 11.4. The van der Waals surface area contributed by atoms with Gasteiger partial charge in [0.1, 0.15) is 0 Å². The fraction of sp³-hybridized carbons (Fsp3) is 0.143. The van der Waals surface area contributed by atoms with Gasteiger partial charge in [0.15, 0.2) is 0 Å². The van der Waals surface area contributed by atoms with E-state index in [0.717, 1.165) is 20.1 Å². The van der Waals surface area contributed by atoms with Crippen molar-refractivity contribution < 1.29 is 0 Å². The Bertz CT molecular complexity index is 602. The zero-order valence-electron chi connectivity index (χ0n) is 9.84. The van der Waals surface area contributed by atoms with Crippen LogP contribution in [0.3, 0.4) is 0 Å². The van der Waals surface area contributed by atoms with Gasteiger partial charge >= 0.3 is 0 Å². The predicted octanol–water partition coefficient (Wildman–Crippen LogP) is 5.76. The van der Waals surface area contributed by atoms with Crippen molar-refractivity contribution in [3.05, 3.63) is 66.5 Å². The first kappa shape index (κ1) is 15.3. The van der Waals surface area contributed by atoms with Crippen molar-refractivity contribution >= 4 is 55.1 Å². The van der Waals surface area contributed by atoms with E-state index >= 15 is 0 Å². The van der Waals surface area contributed by atoms with Crippen LogP contribution in [0.5, 0.6) is 0 Å². The van der Waals surface area contributed by atoms with E-state index in [0.29, 0.717) is 16.5 Å². The quantitative estimate of drug-likeness (QED) is 0.667. The van der Waals surface area contributed by atoms with Crippen molar-refractivity contribution in [1.29, 1.82) is 0 Å². The monoisotopic (exact) mass is 421 g/mol. The Hall–Kier alpha value is -0.0600. The normalized spacial score (nSPS) is 12.5. The van der Waals surface area contributed by atoms with Crippen molar-refractivity contribution in [3.8, 4) is 0 Å². The van der Waals surface area contributed by atoms with Gasteiger partial charge in [-0.15, -0.1) is 0 Å². The number of hydrogen-bond donors (Lipinski definition) is 1. The second kappa shape index (κ2) is 6.59. The molecule has 19 heavy (non-hydrogen) atoms. The minimum absolute atomic E-state index is 0.191. The lowest BCUT2D eigenvalue weighted by Gasteiger charge is -2.15. The zero-order valence-corrected chi connectivity index (χ0v) is 14.5. The molecular weight excluding hydrogens is 413 g/mol. The summed E-state index contributed by atoms with van der Waals surface area (Å²) in [7, 11) is 0. The maximum Gasteiger partial charge on any atom is 0.0595 e. The van der Waals surface area contributed by atoms with E-state index in [4.69, 9.17) is 28.9 Å². The van der Waals surface area contributed by atoms with Crippen molar-refractivity contribution in [2.45, 2.75) is 12.5 Å². The van der Waals surface area contributed by atoms with E-state index in [1.807, 2.05) is 36.4 Å². The lowest BCUT2D eigenvalue weighted by atomic mass is 10.00. The van der Waals surface area contributed by atoms with Crippen LogP contribution in [-0.2, 0) is 6.42 Å². The van der Waals surface area contributed by atoms with E-state index < -0.39 is 0 Å². The van der Waals surface area contributed by atoms with Crippen molar-refractivity contribution in [2.75, 3.05) is 0 Å². The van der Waals surface area contributed by atoms with E-state index in [1.54, 1.807) is 0 Å². The van der Waals surface area contributed by atoms with E-state index in [-0.39, 0.29) is 6.04 Å². The van der Waals surface area contributed by atoms with Gasteiger partial charge in [0.25, 0.3) is 0 Å². The summed E-state index contributed by atoms with van der Waals surface area (Å²) in [5, 5.41) is 1.36. The summed E-state index contributed by atoms with van der Waals surface area (Å²) in [6.07, 6.45) is 0.641. The summed E-state index contributed by atoms with van der Waals surface area (Å²) in [5.74, 6) is 0. The summed E-state index contributed by atoms with van der Waals surface area (Å²) in [4.78, 5) is 0. The summed E-state index contributed by atoms with van der Waals surface area (Å²) in [6.45, 7) is 0. The highest BCUT2D eigenvalue weighted by Gasteiger charge is 2.14. The SMILES string of the molecule is NC(Cc1ccc(Br)cc1Cl)c1cccc(Br)c1Cl. The molecule has 0 amide bonds. The molecule has 0 aromatic heterocycles. The molecule has 0 saturated carbocycles. The largest absolute Gasteiger partial charge is 0.324 e. The molecule has 2 aromatic carbocycles. The lowest BCUT2D eigenvalue weighted by Crippen LogP contribution is -2.14. The Labute approximate surface area is 139 Å². The third kappa shape index (κ3) is 3.73. The van der Waals surface area contributed by atoms with Crippen LogP contribution in [0, 0.1) is 0 Å². The maximum absolute atomic E-state index is 6.25. The van der Waals surface area contributed by atoms with Crippen molar-refractivity contribution in [3.63, 3.8) is 0 Å². The van der Waals surface area contributed by atoms with Crippen LogP contribution in [0.1, 0.15) is 17.2 Å². The van der Waals surface area contributed by atoms with Gasteiger partial charge in [0.2, 0.25) is 0 Å². The van der Waals surface area contributed by atoms with Crippen molar-refractivity contribution in [2.24, 2.45) is 5.73 Å². The lowest BCUT2D eigenvalue weighted by molar-refractivity contribution is 0.722. The van der Waals surface area contributed by atoms with Gasteiger partial charge in [-0.1, -0.05) is 57.3 Å². The molecule has 0 aliphatic carbocycles. The van der Waals surface area contributed by atoms with Gasteiger partial charge in [-0.25, -0.2) is 0 Å². The molecule has 0 aliphatic heterocycles. The summed E-state index contributed by atoms with van der Waals surface area (Å²) >= 11 is 19.2. The second-order valence-corrected chi connectivity index (χ2v) is 6.74. The van der Waals surface area contributed by atoms with Crippen LogP contribution in [0.15, 0.2) is 45.3 Å². The second-order valence-electron chi connectivity index (χ2n) is 4.19. The van der Waals surface area contributed by atoms with Gasteiger partial charge in [0.05, 0.1) is 5.02 Å². The average molecular weight is 424 g/mol. The van der Waals surface area contributed by atoms with Gasteiger partial charge < -0.3 is 5.73 Å². The van der Waals surface area contributed by atoms with E-state index in [9.17, 15) is 0 Å². The van der Waals surface area contributed by atoms with Crippen LogP contribution in [0.4, 0.5) is 0 Å². The minimum Gasteiger partial charge on any atom is -0.324 e. The Kier molecular flexibility index (Phi) is 5.32. The molecule has 5 heteroatoms. The topological polar surface area (TPSA) is 26.0 Å². The van der Waals surface area contributed by atoms with E-state index in [2.05, 4.69) is 31.9 Å². The molecule has 1 nitrogen and oxygen atoms in total. The van der Waals surface area contributed by atoms with Crippen LogP contribution >= 0.6 is 55.1 Å². The zero-order chi connectivity index (χ0) is 14.0. The summed E-state index contributed by atoms with van der Waals surface area (Å²) < 4.78 is 1.80. The predicted molar refractivity (Wildman–Crippen MR) is 88.9 cm³/mol. The van der Waals surface area contributed by atoms with Crippen LogP contribution in [-0.4, -0.2) is 0 Å². The molecule has 0 radical (unpaired) electrons. The van der Waals surface area contributed by atoms with Gasteiger partial charge in [-0.3, -0.25) is 0 Å². The van der Waals surface area contributed by atoms with Gasteiger partial charge in [0, 0.05) is 20.0 Å². The first-order chi connectivity index (χ1) is 8.99. The third-order valence-electron chi connectivity index (χ3n) is 2.84. The van der Waals surface area contributed by atoms with Crippen LogP contribution < -0.4 is 5.73 Å². The number of rotatable bonds is 3. The molecule has 1 unspecified atom stereocenters. The minimum atomic E-state index is -0.191. The molecule has 2 rings (SSSR count). The fourth-order valence-electron chi connectivity index (χ4n) is 1.84. The van der Waals surface area contributed by atoms with Crippen LogP contribution in [0.2, 0.25) is 10.0 Å². The number of hydrogen-bond acceptors (Lipinski definition) is 1. The van der Waals surface area contributed by atoms with Gasteiger partial charge in [-0.2, -0.15) is 0 Å². The van der Waals surface area contributed by atoms with Crippen LogP contribution in [0.25, 0.3) is 0 Å². The highest BCUT2D eigenvalue weighted by atomic mass is 79.9. The molecule has 0 fully saturated rings. The molecule has 0 spiro atoms. The van der Waals surface area contributed by atoms with Crippen molar-refractivity contribution in [1.82, 2.24) is 0 Å². The molecule has 2 N–H and O–H groups in total. The standard InChI is InChI=1S/C14H11Br2Cl2N/c15-9-5-4-8(12(17)7-9)6-13(19)10-2-1-3-11(16)14(10)18/h1-5,7,13H,6,19H2. The fourth-order valence-corrected chi connectivity index (χ4v) is 3.24. The maximum atomic E-state index is 6.25. The Morgan fingerprint density at radius 1 is 1.11 bits per heavy atom. The number of nitrogens with two attached hydrogens (primary N) is 1. The number of benzene rings is 2.